The maximum atomic E-state index is 14.8. The van der Waals surface area contributed by atoms with Crippen LogP contribution in [0.2, 0.25) is 0 Å². The monoisotopic (exact) mass is 589 g/mol. The molecule has 0 aliphatic rings. The second-order valence-corrected chi connectivity index (χ2v) is 11.3. The van der Waals surface area contributed by atoms with Crippen LogP contribution in [0.3, 0.4) is 0 Å². The van der Waals surface area contributed by atoms with Gasteiger partial charge in [0.1, 0.15) is 23.0 Å². The van der Waals surface area contributed by atoms with E-state index in [2.05, 4.69) is 0 Å². The van der Waals surface area contributed by atoms with Crippen LogP contribution in [0.5, 0.6) is 0 Å². The number of thiophene rings is 1. The Morgan fingerprint density at radius 1 is 0.767 bits per heavy atom. The highest BCUT2D eigenvalue weighted by atomic mass is 32.1. The van der Waals surface area contributed by atoms with Crippen molar-refractivity contribution in [2.75, 3.05) is 4.90 Å². The fraction of sp³-hybridized carbons (Fsp3) is 0.0270. The summed E-state index contributed by atoms with van der Waals surface area (Å²) in [4.78, 5) is 1.71. The minimum atomic E-state index is -1.04. The van der Waals surface area contributed by atoms with Crippen molar-refractivity contribution in [3.05, 3.63) is 138 Å². The maximum Gasteiger partial charge on any atom is 0.153 e. The van der Waals surface area contributed by atoms with Gasteiger partial charge in [0.2, 0.25) is 0 Å². The van der Waals surface area contributed by atoms with E-state index in [0.717, 1.165) is 30.9 Å². The van der Waals surface area contributed by atoms with E-state index in [1.165, 1.54) is 12.1 Å². The highest BCUT2D eigenvalue weighted by molar-refractivity contribution is 7.26. The van der Waals surface area contributed by atoms with Crippen molar-refractivity contribution in [1.82, 2.24) is 0 Å². The number of nitrogens with zero attached hydrogens (tertiary/aromatic N) is 1. The number of para-hydroxylation sites is 1. The number of rotatable bonds is 4. The summed E-state index contributed by atoms with van der Waals surface area (Å²) in [6.07, 6.45) is 0. The van der Waals surface area contributed by atoms with E-state index in [9.17, 15) is 13.2 Å². The number of fused-ring (bicyclic) bond motifs is 7. The third kappa shape index (κ3) is 4.09. The quantitative estimate of drug-likeness (QED) is 0.203. The van der Waals surface area contributed by atoms with Crippen molar-refractivity contribution in [3.8, 4) is 11.1 Å². The molecule has 2 aromatic heterocycles. The minimum absolute atomic E-state index is 0.0825. The summed E-state index contributed by atoms with van der Waals surface area (Å²) in [5.74, 6) is -3.11. The number of halogens is 3. The van der Waals surface area contributed by atoms with Crippen molar-refractivity contribution in [1.29, 1.82) is 0 Å². The van der Waals surface area contributed by atoms with Crippen LogP contribution in [0.1, 0.15) is 11.0 Å². The first-order chi connectivity index (χ1) is 22.6. The van der Waals surface area contributed by atoms with Crippen LogP contribution >= 0.6 is 11.3 Å². The van der Waals surface area contributed by atoms with Crippen molar-refractivity contribution < 1.29 is 23.1 Å². The lowest BCUT2D eigenvalue weighted by Crippen LogP contribution is -2.10. The summed E-state index contributed by atoms with van der Waals surface area (Å²) in [6, 6.07) is 24.0. The molecule has 43 heavy (non-hydrogen) atoms. The summed E-state index contributed by atoms with van der Waals surface area (Å²) in [6.45, 7) is 1.58. The Kier molecular flexibility index (Phi) is 4.90. The van der Waals surface area contributed by atoms with Gasteiger partial charge in [-0.2, -0.15) is 0 Å². The number of hydrogen-bond donors (Lipinski definition) is 0. The third-order valence-electron chi connectivity index (χ3n) is 7.60. The van der Waals surface area contributed by atoms with Gasteiger partial charge < -0.3 is 9.32 Å². The molecule has 0 fully saturated rings. The molecule has 0 atom stereocenters. The zero-order valence-electron chi connectivity index (χ0n) is 26.6. The molecule has 0 unspecified atom stereocenters. The molecule has 6 aromatic carbocycles. The molecule has 0 N–H and O–H groups in total. The molecule has 6 heteroatoms. The Morgan fingerprint density at radius 2 is 1.49 bits per heavy atom. The molecule has 0 aliphatic heterocycles. The van der Waals surface area contributed by atoms with Crippen LogP contribution < -0.4 is 4.90 Å². The zero-order chi connectivity index (χ0) is 32.7. The van der Waals surface area contributed by atoms with Gasteiger partial charge in [-0.15, -0.1) is 11.3 Å². The summed E-state index contributed by atoms with van der Waals surface area (Å²) in [5, 5.41) is 3.40. The van der Waals surface area contributed by atoms with E-state index >= 15 is 0 Å². The number of hydrogen-bond acceptors (Lipinski definition) is 3. The molecule has 2 nitrogen and oxygen atoms in total. The molecule has 0 spiro atoms. The Hall–Kier alpha value is -5.07. The Morgan fingerprint density at radius 3 is 2.28 bits per heavy atom. The Labute approximate surface area is 254 Å². The first-order valence-corrected chi connectivity index (χ1v) is 14.3. The fourth-order valence-electron chi connectivity index (χ4n) is 5.74. The maximum absolute atomic E-state index is 14.8. The van der Waals surface area contributed by atoms with E-state index in [0.29, 0.717) is 34.7 Å². The molecular weight excluding hydrogens is 563 g/mol. The SMILES string of the molecule is [2H]c1c([2H])c(C)c([2H])c(N(c2ccc(-c3c(F)cc(F)cc3F)cc2)c2cc3c4ccccc4oc3c3sc4ccccc4c23)c1[2H]. The number of anilines is 3. The summed E-state index contributed by atoms with van der Waals surface area (Å²) in [5.41, 5.74) is 2.54. The molecular formula is C37H22F3NOS. The Balaban J connectivity index is 1.49. The van der Waals surface area contributed by atoms with Gasteiger partial charge in [0, 0.05) is 49.8 Å². The van der Waals surface area contributed by atoms with E-state index < -0.39 is 17.5 Å². The highest BCUT2D eigenvalue weighted by Crippen LogP contribution is 2.50. The standard InChI is InChI=1S/C37H22F3NOS/c1-21-7-6-8-25(17-21)41(24-15-13-22(14-16-24)34-29(39)18-23(38)19-30(34)40)31-20-28-26-9-2-4-11-32(26)42-36(28)37-35(31)27-10-3-5-12-33(27)43-37/h2-20H,1H3/i6D,7D,8D,17D. The van der Waals surface area contributed by atoms with Crippen LogP contribution in [0.15, 0.2) is 120 Å². The van der Waals surface area contributed by atoms with Gasteiger partial charge in [0.15, 0.2) is 5.58 Å². The number of benzene rings is 6. The van der Waals surface area contributed by atoms with E-state index in [-0.39, 0.29) is 46.5 Å². The molecule has 0 aliphatic carbocycles. The molecule has 8 rings (SSSR count). The molecule has 0 bridgehead atoms. The second kappa shape index (κ2) is 9.75. The largest absolute Gasteiger partial charge is 0.455 e. The van der Waals surface area contributed by atoms with Crippen LogP contribution in [0, 0.1) is 24.4 Å². The average molecular weight is 590 g/mol. The molecule has 8 aromatic rings. The highest BCUT2D eigenvalue weighted by Gasteiger charge is 2.24. The normalized spacial score (nSPS) is 13.0. The van der Waals surface area contributed by atoms with E-state index in [1.54, 1.807) is 35.3 Å². The zero-order valence-corrected chi connectivity index (χ0v) is 23.4. The Bertz CT molecular complexity index is 2530. The molecule has 208 valence electrons. The van der Waals surface area contributed by atoms with Crippen LogP contribution in [-0.2, 0) is 0 Å². The lowest BCUT2D eigenvalue weighted by Gasteiger charge is -2.27. The molecule has 0 saturated heterocycles. The van der Waals surface area contributed by atoms with Gasteiger partial charge in [-0.05, 0) is 60.5 Å². The first kappa shape index (κ1) is 21.6. The van der Waals surface area contributed by atoms with Crippen LogP contribution in [-0.4, -0.2) is 0 Å². The predicted octanol–water partition coefficient (Wildman–Crippen LogP) is 11.8. The predicted molar refractivity (Wildman–Crippen MR) is 171 cm³/mol. The lowest BCUT2D eigenvalue weighted by molar-refractivity contribution is 0.548. The average Bonchev–Trinajstić information content (AvgIpc) is 3.64. The topological polar surface area (TPSA) is 16.4 Å². The summed E-state index contributed by atoms with van der Waals surface area (Å²) >= 11 is 1.55. The van der Waals surface area contributed by atoms with Crippen molar-refractivity contribution in [2.45, 2.75) is 6.92 Å². The van der Waals surface area contributed by atoms with Gasteiger partial charge in [0.05, 0.1) is 21.4 Å². The van der Waals surface area contributed by atoms with Crippen molar-refractivity contribution in [2.24, 2.45) is 0 Å². The molecule has 0 radical (unpaired) electrons. The van der Waals surface area contributed by atoms with Crippen LogP contribution in [0.4, 0.5) is 30.2 Å². The molecule has 2 heterocycles. The van der Waals surface area contributed by atoms with Gasteiger partial charge in [-0.25, -0.2) is 13.2 Å². The van der Waals surface area contributed by atoms with E-state index in [1.807, 2.05) is 54.6 Å². The van der Waals surface area contributed by atoms with Crippen LogP contribution in [0.25, 0.3) is 53.2 Å². The molecule has 0 amide bonds. The fourth-order valence-corrected chi connectivity index (χ4v) is 6.95. The smallest absolute Gasteiger partial charge is 0.153 e. The van der Waals surface area contributed by atoms with Gasteiger partial charge >= 0.3 is 0 Å². The lowest BCUT2D eigenvalue weighted by atomic mass is 10.0. The summed E-state index contributed by atoms with van der Waals surface area (Å²) < 4.78 is 86.6. The van der Waals surface area contributed by atoms with Gasteiger partial charge in [0.25, 0.3) is 0 Å². The molecule has 0 saturated carbocycles. The number of furan rings is 1. The van der Waals surface area contributed by atoms with Gasteiger partial charge in [-0.3, -0.25) is 0 Å². The van der Waals surface area contributed by atoms with Crippen molar-refractivity contribution in [3.63, 3.8) is 0 Å². The van der Waals surface area contributed by atoms with Crippen molar-refractivity contribution >= 4 is 70.5 Å². The second-order valence-electron chi connectivity index (χ2n) is 10.3. The summed E-state index contributed by atoms with van der Waals surface area (Å²) in [7, 11) is 0. The minimum Gasteiger partial charge on any atom is -0.455 e. The van der Waals surface area contributed by atoms with Gasteiger partial charge in [-0.1, -0.05) is 60.6 Å². The third-order valence-corrected chi connectivity index (χ3v) is 8.76. The first-order valence-electron chi connectivity index (χ1n) is 15.5. The van der Waals surface area contributed by atoms with E-state index in [4.69, 9.17) is 9.90 Å².